The fraction of sp³-hybridized carbons (Fsp3) is 0.500. The second-order valence-corrected chi connectivity index (χ2v) is 4.45. The summed E-state index contributed by atoms with van der Waals surface area (Å²) < 4.78 is 7.16. The van der Waals surface area contributed by atoms with Gasteiger partial charge in [-0.15, -0.1) is 0 Å². The third kappa shape index (κ3) is 3.17. The molecular weight excluding hydrogens is 216 g/mol. The first-order valence-corrected chi connectivity index (χ1v) is 5.81. The predicted octanol–water partition coefficient (Wildman–Crippen LogP) is 1.73. The molecule has 5 nitrogen and oxygen atoms in total. The van der Waals surface area contributed by atoms with Gasteiger partial charge in [0.2, 0.25) is 0 Å². The molecule has 2 heterocycles. The summed E-state index contributed by atoms with van der Waals surface area (Å²) in [6.07, 6.45) is 1.78. The maximum atomic E-state index is 5.27. The zero-order valence-electron chi connectivity index (χ0n) is 10.5. The Bertz CT molecular complexity index is 472. The highest BCUT2D eigenvalue weighted by atomic mass is 16.5. The molecule has 92 valence electrons. The van der Waals surface area contributed by atoms with Gasteiger partial charge in [-0.2, -0.15) is 5.10 Å². The quantitative estimate of drug-likeness (QED) is 0.856. The van der Waals surface area contributed by atoms with Crippen molar-refractivity contribution in [1.29, 1.82) is 0 Å². The maximum Gasteiger partial charge on any atom is 0.158 e. The van der Waals surface area contributed by atoms with Gasteiger partial charge in [0.15, 0.2) is 5.76 Å². The largest absolute Gasteiger partial charge is 0.359 e. The van der Waals surface area contributed by atoms with E-state index in [-0.39, 0.29) is 0 Å². The summed E-state index contributed by atoms with van der Waals surface area (Å²) in [7, 11) is 0. The van der Waals surface area contributed by atoms with Crippen molar-refractivity contribution in [3.63, 3.8) is 0 Å². The molecule has 1 N–H and O–H groups in total. The first kappa shape index (κ1) is 11.9. The van der Waals surface area contributed by atoms with E-state index in [0.29, 0.717) is 12.6 Å². The van der Waals surface area contributed by atoms with Crippen LogP contribution in [0, 0.1) is 6.92 Å². The molecule has 2 aromatic heterocycles. The van der Waals surface area contributed by atoms with Gasteiger partial charge in [0, 0.05) is 30.5 Å². The summed E-state index contributed by atoms with van der Waals surface area (Å²) in [5, 5.41) is 11.5. The summed E-state index contributed by atoms with van der Waals surface area (Å²) in [4.78, 5) is 0. The van der Waals surface area contributed by atoms with Crippen molar-refractivity contribution in [3.8, 4) is 0 Å². The maximum absolute atomic E-state index is 5.27. The second kappa shape index (κ2) is 5.14. The Balaban J connectivity index is 1.97. The third-order valence-corrected chi connectivity index (χ3v) is 2.53. The lowest BCUT2D eigenvalue weighted by molar-refractivity contribution is 0.362. The Morgan fingerprint density at radius 1 is 1.47 bits per heavy atom. The molecule has 0 saturated carbocycles. The van der Waals surface area contributed by atoms with Crippen LogP contribution in [-0.4, -0.2) is 21.0 Å². The van der Waals surface area contributed by atoms with Gasteiger partial charge in [-0.3, -0.25) is 4.68 Å². The smallest absolute Gasteiger partial charge is 0.158 e. The second-order valence-electron chi connectivity index (χ2n) is 4.45. The highest BCUT2D eigenvalue weighted by Crippen LogP contribution is 2.07. The molecule has 0 radical (unpaired) electrons. The Morgan fingerprint density at radius 3 is 2.94 bits per heavy atom. The van der Waals surface area contributed by atoms with Gasteiger partial charge in [0.1, 0.15) is 6.54 Å². The van der Waals surface area contributed by atoms with E-state index >= 15 is 0 Å². The van der Waals surface area contributed by atoms with Crippen LogP contribution in [0.3, 0.4) is 0 Å². The minimum absolute atomic E-state index is 0.448. The summed E-state index contributed by atoms with van der Waals surface area (Å²) in [6, 6.07) is 4.39. The standard InChI is InChI=1S/C12H18N4O/c1-9(2)13-7-11-6-12(17-15-11)8-16-10(3)4-5-14-16/h4-6,9,13H,7-8H2,1-3H3. The van der Waals surface area contributed by atoms with Crippen LogP contribution >= 0.6 is 0 Å². The minimum atomic E-state index is 0.448. The number of aryl methyl sites for hydroxylation is 1. The number of rotatable bonds is 5. The van der Waals surface area contributed by atoms with Gasteiger partial charge in [-0.05, 0) is 13.0 Å². The molecule has 0 bridgehead atoms. The lowest BCUT2D eigenvalue weighted by atomic mass is 10.3. The molecule has 0 spiro atoms. The SMILES string of the molecule is Cc1ccnn1Cc1cc(CNC(C)C)no1. The third-order valence-electron chi connectivity index (χ3n) is 2.53. The molecule has 5 heteroatoms. The van der Waals surface area contributed by atoms with E-state index in [1.54, 1.807) is 6.20 Å². The first-order chi connectivity index (χ1) is 8.15. The molecular formula is C12H18N4O. The molecule has 0 aliphatic heterocycles. The van der Waals surface area contributed by atoms with Crippen LogP contribution < -0.4 is 5.32 Å². The summed E-state index contributed by atoms with van der Waals surface area (Å²) >= 11 is 0. The monoisotopic (exact) mass is 234 g/mol. The highest BCUT2D eigenvalue weighted by molar-refractivity contribution is 5.07. The van der Waals surface area contributed by atoms with Crippen molar-refractivity contribution >= 4 is 0 Å². The van der Waals surface area contributed by atoms with E-state index in [4.69, 9.17) is 4.52 Å². The van der Waals surface area contributed by atoms with Gasteiger partial charge in [-0.25, -0.2) is 0 Å². The van der Waals surface area contributed by atoms with Gasteiger partial charge < -0.3 is 9.84 Å². The highest BCUT2D eigenvalue weighted by Gasteiger charge is 2.06. The molecule has 0 aliphatic rings. The van der Waals surface area contributed by atoms with Crippen molar-refractivity contribution in [2.75, 3.05) is 0 Å². The zero-order chi connectivity index (χ0) is 12.3. The molecule has 0 unspecified atom stereocenters. The summed E-state index contributed by atoms with van der Waals surface area (Å²) in [5.74, 6) is 0.831. The van der Waals surface area contributed by atoms with Crippen molar-refractivity contribution in [1.82, 2.24) is 20.3 Å². The van der Waals surface area contributed by atoms with Crippen molar-refractivity contribution < 1.29 is 4.52 Å². The molecule has 0 atom stereocenters. The van der Waals surface area contributed by atoms with Crippen molar-refractivity contribution in [2.45, 2.75) is 39.9 Å². The van der Waals surface area contributed by atoms with Crippen molar-refractivity contribution in [2.24, 2.45) is 0 Å². The van der Waals surface area contributed by atoms with E-state index in [9.17, 15) is 0 Å². The average Bonchev–Trinajstić information content (AvgIpc) is 2.87. The van der Waals surface area contributed by atoms with Gasteiger partial charge in [0.05, 0.1) is 5.69 Å². The van der Waals surface area contributed by atoms with E-state index in [2.05, 4.69) is 29.4 Å². The normalized spacial score (nSPS) is 11.3. The van der Waals surface area contributed by atoms with Crippen molar-refractivity contribution in [3.05, 3.63) is 35.5 Å². The van der Waals surface area contributed by atoms with Crippen LogP contribution in [0.25, 0.3) is 0 Å². The molecule has 0 fully saturated rings. The molecule has 0 aliphatic carbocycles. The molecule has 0 saturated heterocycles. The fourth-order valence-electron chi connectivity index (χ4n) is 1.53. The van der Waals surface area contributed by atoms with E-state index < -0.39 is 0 Å². The van der Waals surface area contributed by atoms with Gasteiger partial charge in [-0.1, -0.05) is 19.0 Å². The lowest BCUT2D eigenvalue weighted by Gasteiger charge is -2.03. The molecule has 0 aromatic carbocycles. The minimum Gasteiger partial charge on any atom is -0.359 e. The molecule has 0 amide bonds. The van der Waals surface area contributed by atoms with Crippen LogP contribution in [0.1, 0.15) is 31.0 Å². The molecule has 2 rings (SSSR count). The Kier molecular flexibility index (Phi) is 3.58. The van der Waals surface area contributed by atoms with Crippen LogP contribution in [-0.2, 0) is 13.1 Å². The summed E-state index contributed by atoms with van der Waals surface area (Å²) in [6.45, 7) is 7.60. The zero-order valence-corrected chi connectivity index (χ0v) is 10.5. The Labute approximate surface area is 101 Å². The van der Waals surface area contributed by atoms with Crippen LogP contribution in [0.5, 0.6) is 0 Å². The van der Waals surface area contributed by atoms with Gasteiger partial charge in [0.25, 0.3) is 0 Å². The number of nitrogens with zero attached hydrogens (tertiary/aromatic N) is 3. The number of hydrogen-bond acceptors (Lipinski definition) is 4. The van der Waals surface area contributed by atoms with E-state index in [1.165, 1.54) is 0 Å². The number of hydrogen-bond donors (Lipinski definition) is 1. The van der Waals surface area contributed by atoms with E-state index in [0.717, 1.165) is 23.7 Å². The van der Waals surface area contributed by atoms with Gasteiger partial charge >= 0.3 is 0 Å². The van der Waals surface area contributed by atoms with Crippen LogP contribution in [0.15, 0.2) is 22.9 Å². The first-order valence-electron chi connectivity index (χ1n) is 5.81. The summed E-state index contributed by atoms with van der Waals surface area (Å²) in [5.41, 5.74) is 2.04. The fourth-order valence-corrected chi connectivity index (χ4v) is 1.53. The number of nitrogens with one attached hydrogen (secondary N) is 1. The lowest BCUT2D eigenvalue weighted by Crippen LogP contribution is -2.21. The number of aromatic nitrogens is 3. The average molecular weight is 234 g/mol. The Morgan fingerprint density at radius 2 is 2.29 bits per heavy atom. The molecule has 2 aromatic rings. The van der Waals surface area contributed by atoms with Crippen LogP contribution in [0.4, 0.5) is 0 Å². The predicted molar refractivity (Wildman–Crippen MR) is 64.5 cm³/mol. The van der Waals surface area contributed by atoms with Crippen LogP contribution in [0.2, 0.25) is 0 Å². The Hall–Kier alpha value is -1.62. The van der Waals surface area contributed by atoms with E-state index in [1.807, 2.05) is 23.7 Å². The molecule has 17 heavy (non-hydrogen) atoms. The topological polar surface area (TPSA) is 55.9 Å².